The molecule has 0 saturated heterocycles. The molecule has 0 aliphatic heterocycles. The summed E-state index contributed by atoms with van der Waals surface area (Å²) in [5, 5.41) is 20.0. The highest BCUT2D eigenvalue weighted by molar-refractivity contribution is 5.89. The van der Waals surface area contributed by atoms with Crippen LogP contribution in [0.4, 0.5) is 10.1 Å². The van der Waals surface area contributed by atoms with Crippen LogP contribution in [0, 0.1) is 27.3 Å². The molecule has 3 aromatic carbocycles. The van der Waals surface area contributed by atoms with Gasteiger partial charge in [0.1, 0.15) is 18.2 Å². The SMILES string of the molecule is N#C/C(=C\c1ccc(OCc2ccc([N+](=O)[O-])cc2)cc1)c1cccc(F)c1. The van der Waals surface area contributed by atoms with Gasteiger partial charge in [0.2, 0.25) is 0 Å². The number of rotatable bonds is 6. The summed E-state index contributed by atoms with van der Waals surface area (Å²) in [6.45, 7) is 0.278. The Hall–Kier alpha value is -3.98. The normalized spacial score (nSPS) is 10.9. The van der Waals surface area contributed by atoms with E-state index in [1.165, 1.54) is 24.3 Å². The van der Waals surface area contributed by atoms with Gasteiger partial charge < -0.3 is 4.74 Å². The molecule has 0 unspecified atom stereocenters. The lowest BCUT2D eigenvalue weighted by Gasteiger charge is -2.07. The summed E-state index contributed by atoms with van der Waals surface area (Å²) in [5.74, 6) is 0.230. The van der Waals surface area contributed by atoms with Crippen LogP contribution in [0.1, 0.15) is 16.7 Å². The molecule has 138 valence electrons. The van der Waals surface area contributed by atoms with Crippen molar-refractivity contribution in [2.45, 2.75) is 6.61 Å². The monoisotopic (exact) mass is 374 g/mol. The van der Waals surface area contributed by atoms with E-state index in [9.17, 15) is 19.8 Å². The highest BCUT2D eigenvalue weighted by Gasteiger charge is 2.05. The fraction of sp³-hybridized carbons (Fsp3) is 0.0455. The van der Waals surface area contributed by atoms with Gasteiger partial charge >= 0.3 is 0 Å². The maximum Gasteiger partial charge on any atom is 0.269 e. The van der Waals surface area contributed by atoms with E-state index in [0.29, 0.717) is 16.9 Å². The highest BCUT2D eigenvalue weighted by Crippen LogP contribution is 2.21. The zero-order valence-corrected chi connectivity index (χ0v) is 14.7. The molecule has 28 heavy (non-hydrogen) atoms. The topological polar surface area (TPSA) is 76.2 Å². The Bertz CT molecular complexity index is 1050. The van der Waals surface area contributed by atoms with Crippen LogP contribution in [-0.4, -0.2) is 4.92 Å². The Morgan fingerprint density at radius 1 is 1.11 bits per heavy atom. The van der Waals surface area contributed by atoms with E-state index in [2.05, 4.69) is 6.07 Å². The van der Waals surface area contributed by atoms with Crippen molar-refractivity contribution in [2.75, 3.05) is 0 Å². The van der Waals surface area contributed by atoms with E-state index < -0.39 is 10.7 Å². The van der Waals surface area contributed by atoms with Crippen LogP contribution >= 0.6 is 0 Å². The van der Waals surface area contributed by atoms with Crippen LogP contribution in [0.5, 0.6) is 5.75 Å². The zero-order valence-electron chi connectivity index (χ0n) is 14.7. The second kappa shape index (κ2) is 8.60. The molecule has 0 aliphatic rings. The van der Waals surface area contributed by atoms with E-state index in [4.69, 9.17) is 4.74 Å². The molecule has 0 atom stereocenters. The standard InChI is InChI=1S/C22H15FN2O3/c23-20-3-1-2-18(13-20)19(14-24)12-16-6-10-22(11-7-16)28-15-17-4-8-21(9-5-17)25(26)27/h1-13H,15H2/b19-12+. The molecule has 0 radical (unpaired) electrons. The molecule has 0 bridgehead atoms. The number of nitrogens with zero attached hydrogens (tertiary/aromatic N) is 2. The molecule has 0 aliphatic carbocycles. The quantitative estimate of drug-likeness (QED) is 0.251. The molecule has 0 heterocycles. The first-order valence-corrected chi connectivity index (χ1v) is 8.39. The number of halogens is 1. The van der Waals surface area contributed by atoms with E-state index in [0.717, 1.165) is 11.1 Å². The lowest BCUT2D eigenvalue weighted by molar-refractivity contribution is -0.384. The Labute approximate surface area is 161 Å². The Morgan fingerprint density at radius 2 is 1.82 bits per heavy atom. The molecule has 0 spiro atoms. The van der Waals surface area contributed by atoms with Crippen molar-refractivity contribution in [3.05, 3.63) is 105 Å². The number of ether oxygens (including phenoxy) is 1. The van der Waals surface area contributed by atoms with Crippen LogP contribution in [0.15, 0.2) is 72.8 Å². The number of nitro groups is 1. The Balaban J connectivity index is 1.67. The summed E-state index contributed by atoms with van der Waals surface area (Å²) in [5.41, 5.74) is 2.50. The van der Waals surface area contributed by atoms with Gasteiger partial charge in [-0.25, -0.2) is 4.39 Å². The molecular weight excluding hydrogens is 359 g/mol. The third kappa shape index (κ3) is 4.80. The maximum atomic E-state index is 13.4. The molecule has 3 aromatic rings. The summed E-state index contributed by atoms with van der Waals surface area (Å²) in [6, 6.07) is 21.2. The molecular formula is C22H15FN2O3. The van der Waals surface area contributed by atoms with Gasteiger partial charge in [-0.2, -0.15) is 5.26 Å². The molecule has 0 amide bonds. The molecule has 3 rings (SSSR count). The van der Waals surface area contributed by atoms with Gasteiger partial charge in [0, 0.05) is 12.1 Å². The van der Waals surface area contributed by atoms with Gasteiger partial charge in [-0.05, 0) is 59.2 Å². The number of non-ortho nitro benzene ring substituents is 1. The van der Waals surface area contributed by atoms with E-state index in [1.54, 1.807) is 54.6 Å². The van der Waals surface area contributed by atoms with Gasteiger partial charge in [0.15, 0.2) is 0 Å². The Kier molecular flexibility index (Phi) is 5.78. The number of hydrogen-bond donors (Lipinski definition) is 0. The van der Waals surface area contributed by atoms with Crippen molar-refractivity contribution >= 4 is 17.3 Å². The van der Waals surface area contributed by atoms with Crippen molar-refractivity contribution in [1.29, 1.82) is 5.26 Å². The number of nitriles is 1. The van der Waals surface area contributed by atoms with Gasteiger partial charge in [-0.3, -0.25) is 10.1 Å². The van der Waals surface area contributed by atoms with E-state index >= 15 is 0 Å². The molecule has 0 saturated carbocycles. The minimum atomic E-state index is -0.448. The average molecular weight is 374 g/mol. The van der Waals surface area contributed by atoms with Crippen molar-refractivity contribution in [3.63, 3.8) is 0 Å². The first kappa shape index (κ1) is 18.8. The van der Waals surface area contributed by atoms with Crippen LogP contribution < -0.4 is 4.74 Å². The van der Waals surface area contributed by atoms with E-state index in [1.807, 2.05) is 0 Å². The number of hydrogen-bond acceptors (Lipinski definition) is 4. The van der Waals surface area contributed by atoms with Crippen molar-refractivity contribution in [1.82, 2.24) is 0 Å². The van der Waals surface area contributed by atoms with E-state index in [-0.39, 0.29) is 12.3 Å². The van der Waals surface area contributed by atoms with Gasteiger partial charge in [0.25, 0.3) is 5.69 Å². The van der Waals surface area contributed by atoms with Crippen LogP contribution in [0.2, 0.25) is 0 Å². The number of allylic oxidation sites excluding steroid dienone is 1. The van der Waals surface area contributed by atoms with Gasteiger partial charge in [0.05, 0.1) is 16.6 Å². The predicted octanol–water partition coefficient (Wildman–Crippen LogP) is 5.38. The number of benzene rings is 3. The summed E-state index contributed by atoms with van der Waals surface area (Å²) in [6.07, 6.45) is 1.68. The number of nitro benzene ring substituents is 1. The molecule has 0 fully saturated rings. The summed E-state index contributed by atoms with van der Waals surface area (Å²) >= 11 is 0. The van der Waals surface area contributed by atoms with Crippen molar-refractivity contribution < 1.29 is 14.1 Å². The molecule has 6 heteroatoms. The average Bonchev–Trinajstić information content (AvgIpc) is 2.71. The van der Waals surface area contributed by atoms with Crippen LogP contribution in [-0.2, 0) is 6.61 Å². The summed E-state index contributed by atoms with van der Waals surface area (Å²) in [7, 11) is 0. The largest absolute Gasteiger partial charge is 0.489 e. The van der Waals surface area contributed by atoms with Crippen molar-refractivity contribution in [2.24, 2.45) is 0 Å². The van der Waals surface area contributed by atoms with Crippen LogP contribution in [0.25, 0.3) is 11.6 Å². The Morgan fingerprint density at radius 3 is 2.43 bits per heavy atom. The lowest BCUT2D eigenvalue weighted by atomic mass is 10.0. The highest BCUT2D eigenvalue weighted by atomic mass is 19.1. The zero-order chi connectivity index (χ0) is 19.9. The minimum Gasteiger partial charge on any atom is -0.489 e. The minimum absolute atomic E-state index is 0.0338. The second-order valence-corrected chi connectivity index (χ2v) is 5.96. The second-order valence-electron chi connectivity index (χ2n) is 5.96. The molecule has 0 aromatic heterocycles. The van der Waals surface area contributed by atoms with Crippen LogP contribution in [0.3, 0.4) is 0 Å². The van der Waals surface area contributed by atoms with Gasteiger partial charge in [-0.15, -0.1) is 0 Å². The maximum absolute atomic E-state index is 13.4. The first-order valence-electron chi connectivity index (χ1n) is 8.39. The van der Waals surface area contributed by atoms with Crippen molar-refractivity contribution in [3.8, 4) is 11.8 Å². The molecule has 0 N–H and O–H groups in total. The fourth-order valence-electron chi connectivity index (χ4n) is 2.54. The lowest BCUT2D eigenvalue weighted by Crippen LogP contribution is -1.96. The van der Waals surface area contributed by atoms with Gasteiger partial charge in [-0.1, -0.05) is 24.3 Å². The smallest absolute Gasteiger partial charge is 0.269 e. The first-order chi connectivity index (χ1) is 13.5. The predicted molar refractivity (Wildman–Crippen MR) is 104 cm³/mol. The third-order valence-electron chi connectivity index (χ3n) is 4.00. The fourth-order valence-corrected chi connectivity index (χ4v) is 2.54. The molecule has 5 nitrogen and oxygen atoms in total. The third-order valence-corrected chi connectivity index (χ3v) is 4.00. The summed E-state index contributed by atoms with van der Waals surface area (Å²) in [4.78, 5) is 10.2. The summed E-state index contributed by atoms with van der Waals surface area (Å²) < 4.78 is 19.0.